The maximum atomic E-state index is 10.5. The standard InChI is InChI=1S/C8H10BrNO3S.C2H7N/c9-7-5-6(1-2-8(7)10)3-4-14(11,12)13;1-3-2/h1-2,5H,3-4,10H2,(H,11,12,13);3H,1-2H3. The molecule has 0 bridgehead atoms. The van der Waals surface area contributed by atoms with E-state index in [-0.39, 0.29) is 12.2 Å². The highest BCUT2D eigenvalue weighted by molar-refractivity contribution is 9.10. The highest BCUT2D eigenvalue weighted by Gasteiger charge is 2.05. The van der Waals surface area contributed by atoms with Crippen molar-refractivity contribution in [2.75, 3.05) is 25.6 Å². The summed E-state index contributed by atoms with van der Waals surface area (Å²) in [7, 11) is -0.142. The van der Waals surface area contributed by atoms with Crippen LogP contribution in [0, 0.1) is 0 Å². The van der Waals surface area contributed by atoms with Gasteiger partial charge in [-0.1, -0.05) is 6.07 Å². The molecule has 5 nitrogen and oxygen atoms in total. The van der Waals surface area contributed by atoms with Gasteiger partial charge in [0, 0.05) is 10.2 Å². The van der Waals surface area contributed by atoms with E-state index >= 15 is 0 Å². The van der Waals surface area contributed by atoms with Crippen molar-refractivity contribution >= 4 is 31.7 Å². The first kappa shape index (κ1) is 16.4. The Morgan fingerprint density at radius 2 is 1.94 bits per heavy atom. The van der Waals surface area contributed by atoms with Crippen LogP contribution in [0.4, 0.5) is 5.69 Å². The number of anilines is 1. The van der Waals surface area contributed by atoms with E-state index in [0.717, 1.165) is 10.0 Å². The van der Waals surface area contributed by atoms with Crippen LogP contribution in [0.3, 0.4) is 0 Å². The smallest absolute Gasteiger partial charge is 0.265 e. The van der Waals surface area contributed by atoms with Crippen molar-refractivity contribution in [1.82, 2.24) is 5.32 Å². The summed E-state index contributed by atoms with van der Waals surface area (Å²) in [5, 5.41) is 2.75. The first-order valence-electron chi connectivity index (χ1n) is 4.87. The largest absolute Gasteiger partial charge is 0.398 e. The van der Waals surface area contributed by atoms with Crippen LogP contribution in [0.1, 0.15) is 5.56 Å². The molecule has 0 spiro atoms. The van der Waals surface area contributed by atoms with Crippen molar-refractivity contribution in [2.45, 2.75) is 6.42 Å². The molecule has 0 fully saturated rings. The van der Waals surface area contributed by atoms with Crippen LogP contribution >= 0.6 is 15.9 Å². The van der Waals surface area contributed by atoms with Gasteiger partial charge in [-0.3, -0.25) is 4.55 Å². The number of nitrogen functional groups attached to an aromatic ring is 1. The molecule has 1 aromatic rings. The Morgan fingerprint density at radius 3 is 2.35 bits per heavy atom. The summed E-state index contributed by atoms with van der Waals surface area (Å²) in [6.45, 7) is 0. The lowest BCUT2D eigenvalue weighted by atomic mass is 10.1. The molecule has 4 N–H and O–H groups in total. The lowest BCUT2D eigenvalue weighted by Gasteiger charge is -2.02. The minimum absolute atomic E-state index is 0.274. The number of nitrogens with one attached hydrogen (secondary N) is 1. The molecule has 0 amide bonds. The molecule has 0 aromatic heterocycles. The lowest BCUT2D eigenvalue weighted by Crippen LogP contribution is -2.06. The van der Waals surface area contributed by atoms with Gasteiger partial charge < -0.3 is 11.1 Å². The van der Waals surface area contributed by atoms with Gasteiger partial charge in [0.2, 0.25) is 0 Å². The Balaban J connectivity index is 0.000000770. The number of aryl methyl sites for hydroxylation is 1. The Morgan fingerprint density at radius 1 is 1.41 bits per heavy atom. The second-order valence-corrected chi connectivity index (χ2v) is 5.82. The summed E-state index contributed by atoms with van der Waals surface area (Å²) in [6, 6.07) is 5.15. The fourth-order valence-corrected chi connectivity index (χ4v) is 1.89. The number of nitrogens with two attached hydrogens (primary N) is 1. The van der Waals surface area contributed by atoms with Crippen molar-refractivity contribution in [3.8, 4) is 0 Å². The molecule has 1 aromatic carbocycles. The average molecular weight is 325 g/mol. The van der Waals surface area contributed by atoms with Gasteiger partial charge in [-0.2, -0.15) is 8.42 Å². The average Bonchev–Trinajstić information content (AvgIpc) is 2.20. The van der Waals surface area contributed by atoms with Gasteiger partial charge in [0.25, 0.3) is 10.1 Å². The van der Waals surface area contributed by atoms with E-state index in [9.17, 15) is 8.42 Å². The van der Waals surface area contributed by atoms with Crippen molar-refractivity contribution < 1.29 is 13.0 Å². The molecule has 17 heavy (non-hydrogen) atoms. The van der Waals surface area contributed by atoms with E-state index in [1.54, 1.807) is 18.2 Å². The van der Waals surface area contributed by atoms with Gasteiger partial charge in [0.05, 0.1) is 5.75 Å². The summed E-state index contributed by atoms with van der Waals surface area (Å²) in [5.74, 6) is -0.274. The van der Waals surface area contributed by atoms with Gasteiger partial charge in [0.1, 0.15) is 0 Å². The monoisotopic (exact) mass is 324 g/mol. The predicted octanol–water partition coefficient (Wildman–Crippen LogP) is 1.30. The highest BCUT2D eigenvalue weighted by Crippen LogP contribution is 2.20. The van der Waals surface area contributed by atoms with Crippen molar-refractivity contribution in [3.05, 3.63) is 28.2 Å². The van der Waals surface area contributed by atoms with Crippen LogP contribution < -0.4 is 11.1 Å². The first-order chi connectivity index (χ1) is 7.80. The molecular formula is C10H17BrN2O3S. The van der Waals surface area contributed by atoms with Gasteiger partial charge >= 0.3 is 0 Å². The molecule has 0 unspecified atom stereocenters. The number of halogens is 1. The first-order valence-corrected chi connectivity index (χ1v) is 7.28. The van der Waals surface area contributed by atoms with E-state index < -0.39 is 10.1 Å². The predicted molar refractivity (Wildman–Crippen MR) is 73.7 cm³/mol. The quantitative estimate of drug-likeness (QED) is 0.575. The molecular weight excluding hydrogens is 308 g/mol. The van der Waals surface area contributed by atoms with E-state index in [1.807, 2.05) is 14.1 Å². The molecule has 0 aliphatic heterocycles. The number of rotatable bonds is 3. The molecule has 0 saturated heterocycles. The molecule has 98 valence electrons. The van der Waals surface area contributed by atoms with E-state index in [1.165, 1.54) is 0 Å². The van der Waals surface area contributed by atoms with Crippen molar-refractivity contribution in [1.29, 1.82) is 0 Å². The highest BCUT2D eigenvalue weighted by atomic mass is 79.9. The van der Waals surface area contributed by atoms with Crippen LogP contribution in [0.25, 0.3) is 0 Å². The molecule has 1 rings (SSSR count). The van der Waals surface area contributed by atoms with Crippen LogP contribution in [0.15, 0.2) is 22.7 Å². The van der Waals surface area contributed by atoms with E-state index in [4.69, 9.17) is 10.3 Å². The van der Waals surface area contributed by atoms with Gasteiger partial charge in [-0.25, -0.2) is 0 Å². The van der Waals surface area contributed by atoms with Gasteiger partial charge in [0.15, 0.2) is 0 Å². The van der Waals surface area contributed by atoms with E-state index in [0.29, 0.717) is 5.69 Å². The lowest BCUT2D eigenvalue weighted by molar-refractivity contribution is 0.482. The fourth-order valence-electron chi connectivity index (χ4n) is 0.973. The minimum atomic E-state index is -3.89. The maximum Gasteiger partial charge on any atom is 0.265 e. The summed E-state index contributed by atoms with van der Waals surface area (Å²) < 4.78 is 30.2. The summed E-state index contributed by atoms with van der Waals surface area (Å²) in [6.07, 6.45) is 0.276. The number of hydrogen-bond acceptors (Lipinski definition) is 4. The van der Waals surface area contributed by atoms with Crippen LogP contribution in [-0.2, 0) is 16.5 Å². The van der Waals surface area contributed by atoms with Crippen molar-refractivity contribution in [3.63, 3.8) is 0 Å². The number of hydrogen-bond donors (Lipinski definition) is 3. The molecule has 7 heteroatoms. The zero-order valence-electron chi connectivity index (χ0n) is 9.77. The zero-order chi connectivity index (χ0) is 13.5. The summed E-state index contributed by atoms with van der Waals surface area (Å²) in [4.78, 5) is 0. The molecule has 0 aliphatic rings. The summed E-state index contributed by atoms with van der Waals surface area (Å²) in [5.41, 5.74) is 6.96. The minimum Gasteiger partial charge on any atom is -0.398 e. The van der Waals surface area contributed by atoms with Crippen LogP contribution in [0.2, 0.25) is 0 Å². The van der Waals surface area contributed by atoms with Gasteiger partial charge in [-0.05, 0) is 54.1 Å². The van der Waals surface area contributed by atoms with Crippen LogP contribution in [-0.4, -0.2) is 32.8 Å². The molecule has 0 heterocycles. The molecule has 0 radical (unpaired) electrons. The van der Waals surface area contributed by atoms with Crippen LogP contribution in [0.5, 0.6) is 0 Å². The zero-order valence-corrected chi connectivity index (χ0v) is 12.2. The Hall–Kier alpha value is -0.630. The topological polar surface area (TPSA) is 92.4 Å². The van der Waals surface area contributed by atoms with Gasteiger partial charge in [-0.15, -0.1) is 0 Å². The molecule has 0 aliphatic carbocycles. The third kappa shape index (κ3) is 8.14. The fraction of sp³-hybridized carbons (Fsp3) is 0.400. The van der Waals surface area contributed by atoms with E-state index in [2.05, 4.69) is 21.2 Å². The summed E-state index contributed by atoms with van der Waals surface area (Å²) >= 11 is 3.23. The Bertz CT molecular complexity index is 449. The SMILES string of the molecule is CNC.Nc1ccc(CCS(=O)(=O)O)cc1Br. The molecule has 0 saturated carbocycles. The third-order valence-electron chi connectivity index (χ3n) is 1.71. The third-order valence-corrected chi connectivity index (χ3v) is 3.12. The number of benzene rings is 1. The normalized spacial score (nSPS) is 10.6. The maximum absolute atomic E-state index is 10.5. The van der Waals surface area contributed by atoms with Crippen molar-refractivity contribution in [2.24, 2.45) is 0 Å². The second-order valence-electron chi connectivity index (χ2n) is 3.39. The molecule has 0 atom stereocenters. The second kappa shape index (κ2) is 7.65. The Kier molecular flexibility index (Phi) is 7.37. The Labute approximate surface area is 110 Å².